The monoisotopic (exact) mass is 535 g/mol. The zero-order chi connectivity index (χ0) is 26.5. The standard InChI is InChI=1S/C30H42ClN7/c1-4-7-28-22(20-33-38(28)25-16-12-23(31)13-17-25)19-32-18-21-10-14-24(15-11-21)34-30-35-27-9-6-5-8-26(27)29(36-30)37(2)3/h12-13,16-17,20-21,24,32H,4-11,14-15,18-19H2,1-3H3,(H,34,35,36)/t21-,24+. The number of benzene rings is 1. The highest BCUT2D eigenvalue weighted by atomic mass is 35.5. The molecule has 0 saturated heterocycles. The summed E-state index contributed by atoms with van der Waals surface area (Å²) in [7, 11) is 4.18. The maximum Gasteiger partial charge on any atom is 0.225 e. The molecule has 1 aromatic carbocycles. The SMILES string of the molecule is CCCc1c(CNC[C@H]2CC[C@@H](Nc3nc4c(c(N(C)C)n3)CCCC4)CC2)cnn1-c1ccc(Cl)cc1. The molecule has 0 aliphatic heterocycles. The van der Waals surface area contributed by atoms with Gasteiger partial charge in [0.1, 0.15) is 5.82 Å². The van der Waals surface area contributed by atoms with Gasteiger partial charge in [0.25, 0.3) is 0 Å². The van der Waals surface area contributed by atoms with E-state index in [2.05, 4.69) is 41.2 Å². The maximum atomic E-state index is 6.09. The average molecular weight is 536 g/mol. The molecule has 3 aromatic rings. The molecule has 204 valence electrons. The summed E-state index contributed by atoms with van der Waals surface area (Å²) < 4.78 is 2.07. The number of nitrogens with zero attached hydrogens (tertiary/aromatic N) is 5. The number of fused-ring (bicyclic) bond motifs is 1. The third kappa shape index (κ3) is 6.32. The van der Waals surface area contributed by atoms with Crippen molar-refractivity contribution in [3.63, 3.8) is 0 Å². The molecular weight excluding hydrogens is 494 g/mol. The Kier molecular flexibility index (Phi) is 8.85. The van der Waals surface area contributed by atoms with Crippen molar-refractivity contribution in [2.24, 2.45) is 5.92 Å². The van der Waals surface area contributed by atoms with Gasteiger partial charge in [-0.1, -0.05) is 24.9 Å². The first kappa shape index (κ1) is 26.9. The quantitative estimate of drug-likeness (QED) is 0.333. The van der Waals surface area contributed by atoms with Crippen LogP contribution < -0.4 is 15.5 Å². The second kappa shape index (κ2) is 12.5. The van der Waals surface area contributed by atoms with E-state index in [0.717, 1.165) is 61.2 Å². The molecule has 0 unspecified atom stereocenters. The molecule has 0 atom stereocenters. The first-order chi connectivity index (χ1) is 18.5. The van der Waals surface area contributed by atoms with Crippen molar-refractivity contribution in [1.82, 2.24) is 25.1 Å². The van der Waals surface area contributed by atoms with Gasteiger partial charge < -0.3 is 15.5 Å². The first-order valence-electron chi connectivity index (χ1n) is 14.4. The Balaban J connectivity index is 1.13. The van der Waals surface area contributed by atoms with Crippen LogP contribution in [-0.2, 0) is 25.8 Å². The maximum absolute atomic E-state index is 6.09. The van der Waals surface area contributed by atoms with Crippen molar-refractivity contribution in [2.75, 3.05) is 30.9 Å². The lowest BCUT2D eigenvalue weighted by atomic mass is 9.86. The smallest absolute Gasteiger partial charge is 0.225 e. The highest BCUT2D eigenvalue weighted by molar-refractivity contribution is 6.30. The number of halogens is 1. The normalized spacial score (nSPS) is 19.3. The van der Waals surface area contributed by atoms with Crippen LogP contribution >= 0.6 is 11.6 Å². The zero-order valence-corrected chi connectivity index (χ0v) is 23.9. The highest BCUT2D eigenvalue weighted by Crippen LogP contribution is 2.30. The van der Waals surface area contributed by atoms with E-state index in [-0.39, 0.29) is 0 Å². The molecule has 1 fully saturated rings. The van der Waals surface area contributed by atoms with Crippen molar-refractivity contribution in [1.29, 1.82) is 0 Å². The van der Waals surface area contributed by atoms with Crippen LogP contribution in [0.4, 0.5) is 11.8 Å². The molecule has 2 aromatic heterocycles. The number of anilines is 2. The molecule has 0 spiro atoms. The van der Waals surface area contributed by atoms with Crippen LogP contribution in [0.1, 0.15) is 74.4 Å². The minimum Gasteiger partial charge on any atom is -0.362 e. The van der Waals surface area contributed by atoms with E-state index in [1.807, 2.05) is 30.5 Å². The fraction of sp³-hybridized carbons (Fsp3) is 0.567. The molecule has 7 nitrogen and oxygen atoms in total. The van der Waals surface area contributed by atoms with Gasteiger partial charge in [0.2, 0.25) is 5.95 Å². The molecule has 2 aliphatic carbocycles. The molecule has 1 saturated carbocycles. The van der Waals surface area contributed by atoms with Crippen molar-refractivity contribution < 1.29 is 0 Å². The molecule has 2 aliphatic rings. The number of hydrogen-bond donors (Lipinski definition) is 2. The summed E-state index contributed by atoms with van der Waals surface area (Å²) in [5.41, 5.74) is 6.24. The molecule has 5 rings (SSSR count). The van der Waals surface area contributed by atoms with E-state index < -0.39 is 0 Å². The third-order valence-electron chi connectivity index (χ3n) is 8.03. The minimum atomic E-state index is 0.455. The lowest BCUT2D eigenvalue weighted by Crippen LogP contribution is -2.32. The van der Waals surface area contributed by atoms with Gasteiger partial charge in [-0.05, 0) is 94.5 Å². The summed E-state index contributed by atoms with van der Waals surface area (Å²) in [4.78, 5) is 12.0. The largest absolute Gasteiger partial charge is 0.362 e. The number of aryl methyl sites for hydroxylation is 1. The Morgan fingerprint density at radius 1 is 1.03 bits per heavy atom. The Hall–Kier alpha value is -2.64. The van der Waals surface area contributed by atoms with Gasteiger partial charge in [-0.15, -0.1) is 0 Å². The summed E-state index contributed by atoms with van der Waals surface area (Å²) >= 11 is 6.09. The van der Waals surface area contributed by atoms with Crippen molar-refractivity contribution >= 4 is 23.4 Å². The van der Waals surface area contributed by atoms with Crippen LogP contribution in [0.25, 0.3) is 5.69 Å². The molecule has 0 bridgehead atoms. The lowest BCUT2D eigenvalue weighted by molar-refractivity contribution is 0.323. The van der Waals surface area contributed by atoms with Crippen molar-refractivity contribution in [2.45, 2.75) is 83.7 Å². The van der Waals surface area contributed by atoms with Crippen molar-refractivity contribution in [3.05, 3.63) is 58.0 Å². The molecule has 0 radical (unpaired) electrons. The van der Waals surface area contributed by atoms with E-state index in [1.165, 1.54) is 61.0 Å². The van der Waals surface area contributed by atoms with Crippen LogP contribution in [0.2, 0.25) is 5.02 Å². The van der Waals surface area contributed by atoms with Crippen LogP contribution in [0.15, 0.2) is 30.5 Å². The van der Waals surface area contributed by atoms with E-state index in [1.54, 1.807) is 0 Å². The molecule has 8 heteroatoms. The van der Waals surface area contributed by atoms with Gasteiger partial charge in [-0.3, -0.25) is 0 Å². The van der Waals surface area contributed by atoms with E-state index in [0.29, 0.717) is 12.0 Å². The molecular formula is C30H42ClN7. The summed E-state index contributed by atoms with van der Waals surface area (Å²) in [6.45, 7) is 4.13. The van der Waals surface area contributed by atoms with Gasteiger partial charge >= 0.3 is 0 Å². The molecule has 2 N–H and O–H groups in total. The van der Waals surface area contributed by atoms with Gasteiger partial charge in [0.15, 0.2) is 0 Å². The summed E-state index contributed by atoms with van der Waals surface area (Å²) in [5.74, 6) is 2.62. The number of aromatic nitrogens is 4. The second-order valence-electron chi connectivity index (χ2n) is 11.1. The third-order valence-corrected chi connectivity index (χ3v) is 8.28. The topological polar surface area (TPSA) is 70.9 Å². The summed E-state index contributed by atoms with van der Waals surface area (Å²) in [6.07, 6.45) is 13.6. The van der Waals surface area contributed by atoms with Gasteiger partial charge in [-0.2, -0.15) is 10.1 Å². The first-order valence-corrected chi connectivity index (χ1v) is 14.8. The Morgan fingerprint density at radius 2 is 1.79 bits per heavy atom. The van der Waals surface area contributed by atoms with Crippen LogP contribution in [-0.4, -0.2) is 46.4 Å². The van der Waals surface area contributed by atoms with Gasteiger partial charge in [0, 0.05) is 48.5 Å². The Morgan fingerprint density at radius 3 is 2.53 bits per heavy atom. The van der Waals surface area contributed by atoms with Crippen molar-refractivity contribution in [3.8, 4) is 5.69 Å². The predicted octanol–water partition coefficient (Wildman–Crippen LogP) is 5.97. The molecule has 0 amide bonds. The molecule has 2 heterocycles. The number of hydrogen-bond acceptors (Lipinski definition) is 6. The van der Waals surface area contributed by atoms with E-state index >= 15 is 0 Å². The predicted molar refractivity (Wildman–Crippen MR) is 157 cm³/mol. The Bertz CT molecular complexity index is 1200. The van der Waals surface area contributed by atoms with Crippen LogP contribution in [0.3, 0.4) is 0 Å². The Labute approximate surface area is 232 Å². The fourth-order valence-electron chi connectivity index (χ4n) is 5.98. The van der Waals surface area contributed by atoms with Crippen LogP contribution in [0.5, 0.6) is 0 Å². The second-order valence-corrected chi connectivity index (χ2v) is 11.6. The zero-order valence-electron chi connectivity index (χ0n) is 23.1. The summed E-state index contributed by atoms with van der Waals surface area (Å²) in [5, 5.41) is 12.9. The average Bonchev–Trinajstić information content (AvgIpc) is 3.32. The highest BCUT2D eigenvalue weighted by Gasteiger charge is 2.24. The van der Waals surface area contributed by atoms with Gasteiger partial charge in [0.05, 0.1) is 17.6 Å². The molecule has 38 heavy (non-hydrogen) atoms. The van der Waals surface area contributed by atoms with Gasteiger partial charge in [-0.25, -0.2) is 9.67 Å². The van der Waals surface area contributed by atoms with E-state index in [9.17, 15) is 0 Å². The number of rotatable bonds is 10. The van der Waals surface area contributed by atoms with E-state index in [4.69, 9.17) is 26.7 Å². The minimum absolute atomic E-state index is 0.455. The lowest BCUT2D eigenvalue weighted by Gasteiger charge is -2.30. The fourth-order valence-corrected chi connectivity index (χ4v) is 6.10. The van der Waals surface area contributed by atoms with Crippen LogP contribution in [0, 0.1) is 5.92 Å². The summed E-state index contributed by atoms with van der Waals surface area (Å²) in [6, 6.07) is 8.38. The number of nitrogens with one attached hydrogen (secondary N) is 2.